The second kappa shape index (κ2) is 9.59. The zero-order chi connectivity index (χ0) is 26.4. The molecular weight excluding hydrogens is 479 g/mol. The standard InChI is InChI=1S/C28H29FN2O4S/c1-17-15-18(2)20(4)27(19(17)3)36(34,35)31(21(5)22-9-7-6-8-10-22)25-16-26(32)30(28(25)33)24-13-11-23(29)12-14-24/h6-15,21,25H,16H2,1-5H3. The summed E-state index contributed by atoms with van der Waals surface area (Å²) < 4.78 is 43.5. The van der Waals surface area contributed by atoms with Crippen LogP contribution in [-0.4, -0.2) is 30.6 Å². The molecule has 1 saturated heterocycles. The van der Waals surface area contributed by atoms with Gasteiger partial charge in [-0.25, -0.2) is 17.7 Å². The number of carbonyl (C=O) groups is 2. The zero-order valence-corrected chi connectivity index (χ0v) is 21.8. The number of rotatable bonds is 6. The van der Waals surface area contributed by atoms with E-state index in [0.717, 1.165) is 28.2 Å². The maximum atomic E-state index is 14.4. The average molecular weight is 509 g/mol. The molecule has 2 atom stereocenters. The summed E-state index contributed by atoms with van der Waals surface area (Å²) in [5, 5.41) is 0. The first kappa shape index (κ1) is 25.7. The number of hydrogen-bond donors (Lipinski definition) is 0. The van der Waals surface area contributed by atoms with Crippen molar-refractivity contribution in [3.8, 4) is 0 Å². The lowest BCUT2D eigenvalue weighted by Gasteiger charge is -2.34. The highest BCUT2D eigenvalue weighted by molar-refractivity contribution is 7.89. The number of aryl methyl sites for hydroxylation is 2. The minimum Gasteiger partial charge on any atom is -0.274 e. The summed E-state index contributed by atoms with van der Waals surface area (Å²) in [6.45, 7) is 8.94. The normalized spacial score (nSPS) is 17.2. The smallest absolute Gasteiger partial charge is 0.252 e. The van der Waals surface area contributed by atoms with Crippen molar-refractivity contribution in [3.05, 3.63) is 94.3 Å². The van der Waals surface area contributed by atoms with Gasteiger partial charge in [0.2, 0.25) is 15.9 Å². The third-order valence-corrected chi connectivity index (χ3v) is 9.27. The molecule has 2 amide bonds. The third kappa shape index (κ3) is 4.35. The van der Waals surface area contributed by atoms with Gasteiger partial charge in [-0.3, -0.25) is 9.59 Å². The van der Waals surface area contributed by atoms with Crippen LogP contribution in [-0.2, 0) is 19.6 Å². The van der Waals surface area contributed by atoms with E-state index in [0.29, 0.717) is 16.7 Å². The lowest BCUT2D eigenvalue weighted by molar-refractivity contribution is -0.122. The number of halogens is 1. The van der Waals surface area contributed by atoms with Gasteiger partial charge in [-0.1, -0.05) is 36.4 Å². The molecule has 0 saturated carbocycles. The van der Waals surface area contributed by atoms with Crippen molar-refractivity contribution >= 4 is 27.5 Å². The van der Waals surface area contributed by atoms with Gasteiger partial charge in [0.25, 0.3) is 5.91 Å². The Balaban J connectivity index is 1.89. The van der Waals surface area contributed by atoms with Crippen LogP contribution in [0, 0.1) is 33.5 Å². The summed E-state index contributed by atoms with van der Waals surface area (Å²) in [4.78, 5) is 27.8. The lowest BCUT2D eigenvalue weighted by atomic mass is 10.0. The molecule has 8 heteroatoms. The van der Waals surface area contributed by atoms with Crippen molar-refractivity contribution in [2.45, 2.75) is 58.0 Å². The van der Waals surface area contributed by atoms with E-state index in [1.807, 2.05) is 26.0 Å². The largest absolute Gasteiger partial charge is 0.274 e. The molecule has 1 fully saturated rings. The number of sulfonamides is 1. The fraction of sp³-hybridized carbons (Fsp3) is 0.286. The fourth-order valence-electron chi connectivity index (χ4n) is 4.87. The quantitative estimate of drug-likeness (QED) is 0.432. The van der Waals surface area contributed by atoms with Crippen molar-refractivity contribution in [1.29, 1.82) is 0 Å². The molecule has 3 aromatic rings. The molecule has 3 aromatic carbocycles. The fourth-order valence-corrected chi connectivity index (χ4v) is 7.22. The molecule has 6 nitrogen and oxygen atoms in total. The summed E-state index contributed by atoms with van der Waals surface area (Å²) in [7, 11) is -4.23. The van der Waals surface area contributed by atoms with Gasteiger partial charge < -0.3 is 0 Å². The van der Waals surface area contributed by atoms with Gasteiger partial charge in [-0.05, 0) is 86.7 Å². The number of imide groups is 1. The van der Waals surface area contributed by atoms with Gasteiger partial charge in [0.15, 0.2) is 0 Å². The van der Waals surface area contributed by atoms with Crippen LogP contribution >= 0.6 is 0 Å². The second-order valence-electron chi connectivity index (χ2n) is 9.27. The molecule has 0 spiro atoms. The SMILES string of the molecule is Cc1cc(C)c(C)c(S(=O)(=O)N(C2CC(=O)N(c3ccc(F)cc3)C2=O)C(C)c2ccccc2)c1C. The Morgan fingerprint density at radius 3 is 2.03 bits per heavy atom. The molecular formula is C28H29FN2O4S. The molecule has 0 aliphatic carbocycles. The first-order chi connectivity index (χ1) is 16.9. The maximum absolute atomic E-state index is 14.4. The predicted molar refractivity (Wildman–Crippen MR) is 137 cm³/mol. The van der Waals surface area contributed by atoms with Crippen LogP contribution in [0.5, 0.6) is 0 Å². The Morgan fingerprint density at radius 2 is 1.47 bits per heavy atom. The number of carbonyl (C=O) groups excluding carboxylic acids is 2. The summed E-state index contributed by atoms with van der Waals surface area (Å²) in [5.74, 6) is -1.69. The van der Waals surface area contributed by atoms with Gasteiger partial charge >= 0.3 is 0 Å². The Morgan fingerprint density at radius 1 is 0.917 bits per heavy atom. The van der Waals surface area contributed by atoms with Crippen LogP contribution in [0.25, 0.3) is 0 Å². The Kier molecular flexibility index (Phi) is 6.86. The minimum absolute atomic E-state index is 0.156. The van der Waals surface area contributed by atoms with Gasteiger partial charge in [-0.15, -0.1) is 0 Å². The highest BCUT2D eigenvalue weighted by atomic mass is 32.2. The van der Waals surface area contributed by atoms with Crippen molar-refractivity contribution in [3.63, 3.8) is 0 Å². The number of benzene rings is 3. The van der Waals surface area contributed by atoms with Crippen LogP contribution in [0.2, 0.25) is 0 Å². The van der Waals surface area contributed by atoms with Crippen LogP contribution < -0.4 is 4.90 Å². The van der Waals surface area contributed by atoms with Crippen molar-refractivity contribution in [2.75, 3.05) is 4.90 Å². The van der Waals surface area contributed by atoms with E-state index in [9.17, 15) is 22.4 Å². The summed E-state index contributed by atoms with van der Waals surface area (Å²) >= 11 is 0. The van der Waals surface area contributed by atoms with E-state index < -0.39 is 39.7 Å². The highest BCUT2D eigenvalue weighted by Gasteiger charge is 2.49. The van der Waals surface area contributed by atoms with Crippen LogP contribution in [0.1, 0.15) is 47.2 Å². The van der Waals surface area contributed by atoms with E-state index in [1.54, 1.807) is 45.0 Å². The van der Waals surface area contributed by atoms with Gasteiger partial charge in [0.1, 0.15) is 11.9 Å². The monoisotopic (exact) mass is 508 g/mol. The van der Waals surface area contributed by atoms with Crippen LogP contribution in [0.3, 0.4) is 0 Å². The molecule has 36 heavy (non-hydrogen) atoms. The van der Waals surface area contributed by atoms with Crippen LogP contribution in [0.4, 0.5) is 10.1 Å². The first-order valence-corrected chi connectivity index (χ1v) is 13.2. The highest BCUT2D eigenvalue weighted by Crippen LogP contribution is 2.38. The van der Waals surface area contributed by atoms with Gasteiger partial charge in [-0.2, -0.15) is 4.31 Å². The molecule has 1 aliphatic heterocycles. The van der Waals surface area contributed by atoms with Crippen molar-refractivity contribution in [1.82, 2.24) is 4.31 Å². The summed E-state index contributed by atoms with van der Waals surface area (Å²) in [6, 6.07) is 14.0. The third-order valence-electron chi connectivity index (χ3n) is 7.01. The van der Waals surface area contributed by atoms with E-state index in [1.165, 1.54) is 16.4 Å². The average Bonchev–Trinajstić information content (AvgIpc) is 3.12. The summed E-state index contributed by atoms with van der Waals surface area (Å²) in [5.41, 5.74) is 3.76. The lowest BCUT2D eigenvalue weighted by Crippen LogP contribution is -2.47. The minimum atomic E-state index is -4.23. The van der Waals surface area contributed by atoms with Crippen molar-refractivity contribution in [2.24, 2.45) is 0 Å². The molecule has 1 aliphatic rings. The molecule has 0 radical (unpaired) electrons. The molecule has 188 valence electrons. The van der Waals surface area contributed by atoms with E-state index >= 15 is 0 Å². The molecule has 1 heterocycles. The molecule has 0 bridgehead atoms. The molecule has 0 N–H and O–H groups in total. The maximum Gasteiger partial charge on any atom is 0.252 e. The van der Waals surface area contributed by atoms with Gasteiger partial charge in [0, 0.05) is 6.04 Å². The van der Waals surface area contributed by atoms with E-state index in [4.69, 9.17) is 0 Å². The Hall–Kier alpha value is -3.36. The van der Waals surface area contributed by atoms with Gasteiger partial charge in [0.05, 0.1) is 17.0 Å². The number of hydrogen-bond acceptors (Lipinski definition) is 4. The number of nitrogens with zero attached hydrogens (tertiary/aromatic N) is 2. The van der Waals surface area contributed by atoms with Crippen LogP contribution in [0.15, 0.2) is 65.6 Å². The zero-order valence-electron chi connectivity index (χ0n) is 20.9. The first-order valence-electron chi connectivity index (χ1n) is 11.7. The van der Waals surface area contributed by atoms with E-state index in [2.05, 4.69) is 0 Å². The molecule has 4 rings (SSSR count). The second-order valence-corrected chi connectivity index (χ2v) is 11.1. The number of anilines is 1. The molecule has 2 unspecified atom stereocenters. The number of amides is 2. The molecule has 0 aromatic heterocycles. The van der Waals surface area contributed by atoms with E-state index in [-0.39, 0.29) is 17.0 Å². The Bertz CT molecular complexity index is 1410. The topological polar surface area (TPSA) is 74.8 Å². The summed E-state index contributed by atoms with van der Waals surface area (Å²) in [6.07, 6.45) is -0.310. The predicted octanol–water partition coefficient (Wildman–Crippen LogP) is 5.14. The van der Waals surface area contributed by atoms with Crippen molar-refractivity contribution < 1.29 is 22.4 Å². The Labute approximate surface area is 211 Å².